The zero-order chi connectivity index (χ0) is 20.4. The molecule has 3 aromatic rings. The van der Waals surface area contributed by atoms with Crippen molar-refractivity contribution in [2.45, 2.75) is 13.5 Å². The highest BCUT2D eigenvalue weighted by Crippen LogP contribution is 2.29. The average Bonchev–Trinajstić information content (AvgIpc) is 2.71. The number of nitrogens with one attached hydrogen (secondary N) is 1. The second kappa shape index (κ2) is 8.45. The van der Waals surface area contributed by atoms with Crippen LogP contribution in [0, 0.1) is 0 Å². The summed E-state index contributed by atoms with van der Waals surface area (Å²) in [5.74, 6) is -0.0737. The molecule has 1 fully saturated rings. The molecule has 0 aliphatic carbocycles. The minimum absolute atomic E-state index is 0.0737. The van der Waals surface area contributed by atoms with Gasteiger partial charge in [-0.2, -0.15) is 0 Å². The number of halogens is 1. The van der Waals surface area contributed by atoms with Gasteiger partial charge in [-0.3, -0.25) is 14.7 Å². The molecule has 0 saturated carbocycles. The average molecular weight is 410 g/mol. The number of aromatic nitrogens is 2. The largest absolute Gasteiger partial charge is 0.353 e. The lowest BCUT2D eigenvalue weighted by Crippen LogP contribution is -2.43. The lowest BCUT2D eigenvalue weighted by Gasteiger charge is -2.32. The van der Waals surface area contributed by atoms with Gasteiger partial charge in [-0.15, -0.1) is 0 Å². The predicted molar refractivity (Wildman–Crippen MR) is 117 cm³/mol. The molecule has 1 saturated heterocycles. The van der Waals surface area contributed by atoms with Gasteiger partial charge in [-0.05, 0) is 43.8 Å². The summed E-state index contributed by atoms with van der Waals surface area (Å²) in [6.45, 7) is 6.87. The molecule has 7 heteroatoms. The molecule has 3 heterocycles. The first-order valence-corrected chi connectivity index (χ1v) is 10.1. The number of Topliss-reactive ketones (excluding diaryl/α,β-unsaturated/α-hetero) is 1. The summed E-state index contributed by atoms with van der Waals surface area (Å²) in [7, 11) is 2.16. The molecule has 0 spiro atoms. The summed E-state index contributed by atoms with van der Waals surface area (Å²) >= 11 is 6.09. The third-order valence-electron chi connectivity index (χ3n) is 5.28. The van der Waals surface area contributed by atoms with Gasteiger partial charge in [-0.1, -0.05) is 23.7 Å². The first-order chi connectivity index (χ1) is 14.0. The van der Waals surface area contributed by atoms with Gasteiger partial charge >= 0.3 is 0 Å². The molecule has 29 heavy (non-hydrogen) atoms. The van der Waals surface area contributed by atoms with Crippen molar-refractivity contribution < 1.29 is 4.79 Å². The highest BCUT2D eigenvalue weighted by atomic mass is 35.5. The molecule has 0 bridgehead atoms. The Morgan fingerprint density at radius 2 is 1.83 bits per heavy atom. The molecule has 4 rings (SSSR count). The Morgan fingerprint density at radius 3 is 2.52 bits per heavy atom. The third-order valence-corrected chi connectivity index (χ3v) is 5.49. The maximum atomic E-state index is 12.1. The van der Waals surface area contributed by atoms with E-state index in [1.54, 1.807) is 18.3 Å². The van der Waals surface area contributed by atoms with Crippen LogP contribution in [-0.2, 0) is 6.54 Å². The van der Waals surface area contributed by atoms with Gasteiger partial charge in [0, 0.05) is 44.6 Å². The summed E-state index contributed by atoms with van der Waals surface area (Å²) in [6, 6.07) is 11.8. The summed E-state index contributed by atoms with van der Waals surface area (Å²) in [6.07, 6.45) is 1.59. The van der Waals surface area contributed by atoms with Gasteiger partial charge in [0.25, 0.3) is 0 Å². The summed E-state index contributed by atoms with van der Waals surface area (Å²) in [5, 5.41) is 3.72. The second-order valence-electron chi connectivity index (χ2n) is 7.51. The molecule has 2 aromatic heterocycles. The lowest BCUT2D eigenvalue weighted by molar-refractivity contribution is 0.101. The van der Waals surface area contributed by atoms with Crippen molar-refractivity contribution in [1.29, 1.82) is 0 Å². The van der Waals surface area contributed by atoms with Crippen molar-refractivity contribution in [2.24, 2.45) is 0 Å². The van der Waals surface area contributed by atoms with E-state index in [9.17, 15) is 4.79 Å². The van der Waals surface area contributed by atoms with E-state index in [1.165, 1.54) is 12.5 Å². The maximum absolute atomic E-state index is 12.1. The highest BCUT2D eigenvalue weighted by molar-refractivity contribution is 6.30. The topological polar surface area (TPSA) is 61.4 Å². The van der Waals surface area contributed by atoms with E-state index in [0.29, 0.717) is 27.4 Å². The number of ketones is 1. The fourth-order valence-electron chi connectivity index (χ4n) is 3.54. The molecule has 1 aliphatic rings. The van der Waals surface area contributed by atoms with Crippen molar-refractivity contribution >= 4 is 39.8 Å². The van der Waals surface area contributed by atoms with Crippen LogP contribution in [-0.4, -0.2) is 58.8 Å². The summed E-state index contributed by atoms with van der Waals surface area (Å²) < 4.78 is 0. The number of benzene rings is 1. The fraction of sp³-hybridized carbons (Fsp3) is 0.318. The van der Waals surface area contributed by atoms with Gasteiger partial charge in [-0.25, -0.2) is 4.98 Å². The number of rotatable bonds is 5. The number of anilines is 2. The van der Waals surface area contributed by atoms with E-state index in [4.69, 9.17) is 11.6 Å². The molecular weight excluding hydrogens is 386 g/mol. The third kappa shape index (κ3) is 4.56. The van der Waals surface area contributed by atoms with Crippen LogP contribution in [0.5, 0.6) is 0 Å². The Balaban J connectivity index is 1.57. The minimum atomic E-state index is -0.0737. The maximum Gasteiger partial charge on any atom is 0.163 e. The van der Waals surface area contributed by atoms with Crippen LogP contribution >= 0.6 is 11.6 Å². The Kier molecular flexibility index (Phi) is 5.76. The molecule has 1 aromatic carbocycles. The molecule has 0 unspecified atom stereocenters. The monoisotopic (exact) mass is 409 g/mol. The normalized spacial score (nSPS) is 15.6. The van der Waals surface area contributed by atoms with E-state index in [1.807, 2.05) is 12.1 Å². The van der Waals surface area contributed by atoms with Crippen molar-refractivity contribution in [1.82, 2.24) is 19.8 Å². The second-order valence-corrected chi connectivity index (χ2v) is 7.89. The van der Waals surface area contributed by atoms with Crippen molar-refractivity contribution in [3.63, 3.8) is 0 Å². The molecular formula is C22H24ClN5O. The number of carbonyl (C=O) groups is 1. The van der Waals surface area contributed by atoms with Crippen molar-refractivity contribution in [2.75, 3.05) is 38.5 Å². The molecule has 6 nitrogen and oxygen atoms in total. The quantitative estimate of drug-likeness (QED) is 0.508. The van der Waals surface area contributed by atoms with Crippen LogP contribution in [0.3, 0.4) is 0 Å². The number of likely N-dealkylation sites (N-methyl/N-ethyl adjacent to an activating group) is 1. The Hall–Kier alpha value is -2.54. The molecule has 0 amide bonds. The number of carbonyl (C=O) groups excluding carboxylic acids is 1. The first kappa shape index (κ1) is 19.8. The van der Waals surface area contributed by atoms with E-state index >= 15 is 0 Å². The Morgan fingerprint density at radius 1 is 1.10 bits per heavy atom. The fourth-order valence-corrected chi connectivity index (χ4v) is 3.69. The number of hydrogen-bond acceptors (Lipinski definition) is 6. The SMILES string of the molecule is CC(=O)c1cnc2ccc(Cl)nc2c1Nc1ccc(CN2CCN(C)CC2)cc1. The smallest absolute Gasteiger partial charge is 0.163 e. The van der Waals surface area contributed by atoms with Gasteiger partial charge in [0.2, 0.25) is 0 Å². The zero-order valence-corrected chi connectivity index (χ0v) is 17.4. The van der Waals surface area contributed by atoms with Crippen LogP contribution < -0.4 is 5.32 Å². The molecule has 1 N–H and O–H groups in total. The van der Waals surface area contributed by atoms with Crippen molar-refractivity contribution in [3.05, 3.63) is 58.9 Å². The molecule has 0 atom stereocenters. The minimum Gasteiger partial charge on any atom is -0.353 e. The van der Waals surface area contributed by atoms with E-state index in [0.717, 1.165) is 38.4 Å². The van der Waals surface area contributed by atoms with E-state index in [-0.39, 0.29) is 5.78 Å². The highest BCUT2D eigenvalue weighted by Gasteiger charge is 2.16. The summed E-state index contributed by atoms with van der Waals surface area (Å²) in [5.41, 5.74) is 4.57. The number of nitrogens with zero attached hydrogens (tertiary/aromatic N) is 4. The molecule has 1 aliphatic heterocycles. The van der Waals surface area contributed by atoms with Crippen LogP contribution in [0.15, 0.2) is 42.6 Å². The van der Waals surface area contributed by atoms with Crippen LogP contribution in [0.25, 0.3) is 11.0 Å². The van der Waals surface area contributed by atoms with Crippen LogP contribution in [0.2, 0.25) is 5.15 Å². The number of hydrogen-bond donors (Lipinski definition) is 1. The van der Waals surface area contributed by atoms with Gasteiger partial charge in [0.1, 0.15) is 10.7 Å². The Labute approximate surface area is 175 Å². The van der Waals surface area contributed by atoms with Gasteiger partial charge in [0.05, 0.1) is 16.8 Å². The van der Waals surface area contributed by atoms with E-state index in [2.05, 4.69) is 44.3 Å². The van der Waals surface area contributed by atoms with Crippen molar-refractivity contribution in [3.8, 4) is 0 Å². The number of fused-ring (bicyclic) bond motifs is 1. The van der Waals surface area contributed by atoms with E-state index < -0.39 is 0 Å². The lowest BCUT2D eigenvalue weighted by atomic mass is 10.1. The first-order valence-electron chi connectivity index (χ1n) is 9.72. The van der Waals surface area contributed by atoms with Crippen LogP contribution in [0.1, 0.15) is 22.8 Å². The van der Waals surface area contributed by atoms with Crippen LogP contribution in [0.4, 0.5) is 11.4 Å². The standard InChI is InChI=1S/C22H24ClN5O/c1-15(29)18-13-24-19-7-8-20(23)26-22(19)21(18)25-17-5-3-16(4-6-17)14-28-11-9-27(2)10-12-28/h3-8,13H,9-12,14H2,1-2H3,(H,24,25). The van der Waals surface area contributed by atoms with Gasteiger partial charge in [0.15, 0.2) is 5.78 Å². The molecule has 0 radical (unpaired) electrons. The summed E-state index contributed by atoms with van der Waals surface area (Å²) in [4.78, 5) is 25.7. The number of pyridine rings is 2. The van der Waals surface area contributed by atoms with Gasteiger partial charge < -0.3 is 10.2 Å². The Bertz CT molecular complexity index is 1030. The molecule has 150 valence electrons. The number of piperazine rings is 1. The predicted octanol–water partition coefficient (Wildman–Crippen LogP) is 3.98. The zero-order valence-electron chi connectivity index (χ0n) is 16.7.